The molecule has 0 saturated carbocycles. The van der Waals surface area contributed by atoms with Gasteiger partial charge >= 0.3 is 0 Å². The van der Waals surface area contributed by atoms with Crippen molar-refractivity contribution in [1.82, 2.24) is 5.32 Å². The first-order valence-corrected chi connectivity index (χ1v) is 8.89. The molecule has 1 aromatic rings. The van der Waals surface area contributed by atoms with Crippen LogP contribution in [0.15, 0.2) is 17.5 Å². The molecule has 4 heteroatoms. The van der Waals surface area contributed by atoms with Crippen LogP contribution < -0.4 is 5.32 Å². The monoisotopic (exact) mass is 345 g/mol. The highest BCUT2D eigenvalue weighted by Gasteiger charge is 2.17. The van der Waals surface area contributed by atoms with Crippen molar-refractivity contribution in [3.05, 3.63) is 22.4 Å². The molecule has 1 aromatic heterocycles. The van der Waals surface area contributed by atoms with E-state index < -0.39 is 0 Å². The average Bonchev–Trinajstić information content (AvgIpc) is 2.87. The highest BCUT2D eigenvalue weighted by Crippen LogP contribution is 2.21. The van der Waals surface area contributed by atoms with E-state index in [4.69, 9.17) is 0 Å². The Hall–Kier alpha value is -0.350. The maximum Gasteiger partial charge on any atom is 0.220 e. The zero-order chi connectivity index (χ0) is 14.1. The first kappa shape index (κ1) is 16.7. The van der Waals surface area contributed by atoms with Crippen LogP contribution in [0.2, 0.25) is 0 Å². The number of hydrogen-bond acceptors (Lipinski definition) is 2. The van der Waals surface area contributed by atoms with Crippen molar-refractivity contribution < 1.29 is 4.79 Å². The third kappa shape index (κ3) is 7.73. The van der Waals surface area contributed by atoms with E-state index in [1.165, 1.54) is 4.88 Å². The zero-order valence-electron chi connectivity index (χ0n) is 11.9. The first-order valence-electron chi connectivity index (χ1n) is 6.88. The standard InChI is InChI=1S/C15H24BrNOS/c1-15(2,9-5-10-16)12-17-14(18)8-3-6-13-7-4-11-19-13/h4,7,11H,3,5-6,8-10,12H2,1-2H3,(H,17,18). The second-order valence-corrected chi connectivity index (χ2v) is 7.49. The number of thiophene rings is 1. The van der Waals surface area contributed by atoms with Gasteiger partial charge in [-0.15, -0.1) is 11.3 Å². The number of carbonyl (C=O) groups is 1. The summed E-state index contributed by atoms with van der Waals surface area (Å²) in [4.78, 5) is 13.1. The van der Waals surface area contributed by atoms with Crippen molar-refractivity contribution >= 4 is 33.2 Å². The molecule has 0 fully saturated rings. The highest BCUT2D eigenvalue weighted by atomic mass is 79.9. The topological polar surface area (TPSA) is 29.1 Å². The molecule has 0 aliphatic heterocycles. The number of carbonyl (C=O) groups excluding carboxylic acids is 1. The van der Waals surface area contributed by atoms with E-state index in [0.717, 1.165) is 37.6 Å². The predicted octanol–water partition coefficient (Wildman–Crippen LogP) is 4.39. The summed E-state index contributed by atoms with van der Waals surface area (Å²) in [6.45, 7) is 5.20. The molecule has 108 valence electrons. The largest absolute Gasteiger partial charge is 0.356 e. The van der Waals surface area contributed by atoms with E-state index in [1.807, 2.05) is 0 Å². The fraction of sp³-hybridized carbons (Fsp3) is 0.667. The molecule has 0 radical (unpaired) electrons. The molecule has 0 spiro atoms. The molecular formula is C15H24BrNOS. The van der Waals surface area contributed by atoms with Crippen molar-refractivity contribution in [2.24, 2.45) is 5.41 Å². The van der Waals surface area contributed by atoms with Crippen LogP contribution >= 0.6 is 27.3 Å². The Kier molecular flexibility index (Phi) is 7.69. The molecule has 0 aromatic carbocycles. The Morgan fingerprint density at radius 3 is 2.84 bits per heavy atom. The molecule has 0 aliphatic rings. The molecule has 0 unspecified atom stereocenters. The zero-order valence-corrected chi connectivity index (χ0v) is 14.3. The third-order valence-corrected chi connectivity index (χ3v) is 4.66. The maximum atomic E-state index is 11.8. The molecule has 2 nitrogen and oxygen atoms in total. The van der Waals surface area contributed by atoms with Gasteiger partial charge in [-0.1, -0.05) is 35.8 Å². The number of alkyl halides is 1. The maximum absolute atomic E-state index is 11.8. The van der Waals surface area contributed by atoms with Gasteiger partial charge in [-0.25, -0.2) is 0 Å². The molecule has 0 saturated heterocycles. The van der Waals surface area contributed by atoms with E-state index in [-0.39, 0.29) is 11.3 Å². The van der Waals surface area contributed by atoms with Crippen LogP contribution in [0.1, 0.15) is 44.4 Å². The van der Waals surface area contributed by atoms with Gasteiger partial charge < -0.3 is 5.32 Å². The smallest absolute Gasteiger partial charge is 0.220 e. The Morgan fingerprint density at radius 1 is 1.42 bits per heavy atom. The van der Waals surface area contributed by atoms with Crippen molar-refractivity contribution in [2.75, 3.05) is 11.9 Å². The molecule has 0 aliphatic carbocycles. The van der Waals surface area contributed by atoms with Crippen LogP contribution in [0, 0.1) is 5.41 Å². The van der Waals surface area contributed by atoms with E-state index in [9.17, 15) is 4.79 Å². The van der Waals surface area contributed by atoms with Gasteiger partial charge in [0.25, 0.3) is 0 Å². The quantitative estimate of drug-likeness (QED) is 0.660. The molecular weight excluding hydrogens is 322 g/mol. The van der Waals surface area contributed by atoms with Crippen molar-refractivity contribution in [1.29, 1.82) is 0 Å². The Bertz CT molecular complexity index is 362. The summed E-state index contributed by atoms with van der Waals surface area (Å²) in [6.07, 6.45) is 4.87. The average molecular weight is 346 g/mol. The SMILES string of the molecule is CC(C)(CCCBr)CNC(=O)CCCc1cccs1. The van der Waals surface area contributed by atoms with E-state index in [2.05, 4.69) is 52.6 Å². The van der Waals surface area contributed by atoms with Crippen molar-refractivity contribution in [3.63, 3.8) is 0 Å². The van der Waals surface area contributed by atoms with Gasteiger partial charge in [-0.2, -0.15) is 0 Å². The lowest BCUT2D eigenvalue weighted by atomic mass is 9.88. The lowest BCUT2D eigenvalue weighted by molar-refractivity contribution is -0.121. The van der Waals surface area contributed by atoms with E-state index in [1.54, 1.807) is 11.3 Å². The number of aryl methyl sites for hydroxylation is 1. The van der Waals surface area contributed by atoms with Crippen LogP contribution in [-0.2, 0) is 11.2 Å². The number of nitrogens with one attached hydrogen (secondary N) is 1. The number of amides is 1. The predicted molar refractivity (Wildman–Crippen MR) is 87.1 cm³/mol. The fourth-order valence-electron chi connectivity index (χ4n) is 1.94. The molecule has 1 rings (SSSR count). The minimum absolute atomic E-state index is 0.184. The first-order chi connectivity index (χ1) is 9.03. The number of rotatable bonds is 9. The highest BCUT2D eigenvalue weighted by molar-refractivity contribution is 9.09. The van der Waals surface area contributed by atoms with Crippen LogP contribution in [0.25, 0.3) is 0 Å². The summed E-state index contributed by atoms with van der Waals surface area (Å²) < 4.78 is 0. The van der Waals surface area contributed by atoms with Gasteiger partial charge in [-0.3, -0.25) is 4.79 Å². The van der Waals surface area contributed by atoms with Gasteiger partial charge in [0.15, 0.2) is 0 Å². The van der Waals surface area contributed by atoms with Gasteiger partial charge in [0, 0.05) is 23.2 Å². The Balaban J connectivity index is 2.13. The Morgan fingerprint density at radius 2 is 2.21 bits per heavy atom. The lowest BCUT2D eigenvalue weighted by Gasteiger charge is -2.24. The minimum Gasteiger partial charge on any atom is -0.356 e. The number of halogens is 1. The summed E-state index contributed by atoms with van der Waals surface area (Å²) in [5.41, 5.74) is 0.192. The third-order valence-electron chi connectivity index (χ3n) is 3.16. The van der Waals surface area contributed by atoms with Crippen LogP contribution in [0.4, 0.5) is 0 Å². The normalized spacial score (nSPS) is 11.5. The van der Waals surface area contributed by atoms with Crippen LogP contribution in [0.3, 0.4) is 0 Å². The summed E-state index contributed by atoms with van der Waals surface area (Å²) >= 11 is 5.21. The van der Waals surface area contributed by atoms with Gasteiger partial charge in [-0.05, 0) is 42.5 Å². The van der Waals surface area contributed by atoms with E-state index >= 15 is 0 Å². The molecule has 1 N–H and O–H groups in total. The second-order valence-electron chi connectivity index (χ2n) is 5.67. The lowest BCUT2D eigenvalue weighted by Crippen LogP contribution is -2.33. The van der Waals surface area contributed by atoms with Gasteiger partial charge in [0.05, 0.1) is 0 Å². The Labute approximate surface area is 129 Å². The van der Waals surface area contributed by atoms with E-state index in [0.29, 0.717) is 6.42 Å². The van der Waals surface area contributed by atoms with Crippen molar-refractivity contribution in [2.45, 2.75) is 46.0 Å². The molecule has 19 heavy (non-hydrogen) atoms. The molecule has 0 atom stereocenters. The molecule has 0 bridgehead atoms. The molecule has 1 heterocycles. The summed E-state index contributed by atoms with van der Waals surface area (Å²) in [5, 5.41) is 6.18. The second kappa shape index (κ2) is 8.75. The number of hydrogen-bond donors (Lipinski definition) is 1. The molecule has 1 amide bonds. The van der Waals surface area contributed by atoms with Crippen LogP contribution in [0.5, 0.6) is 0 Å². The van der Waals surface area contributed by atoms with Crippen LogP contribution in [-0.4, -0.2) is 17.8 Å². The van der Waals surface area contributed by atoms with Gasteiger partial charge in [0.2, 0.25) is 5.91 Å². The van der Waals surface area contributed by atoms with Crippen molar-refractivity contribution in [3.8, 4) is 0 Å². The summed E-state index contributed by atoms with van der Waals surface area (Å²) in [5.74, 6) is 0.184. The summed E-state index contributed by atoms with van der Waals surface area (Å²) in [6, 6.07) is 4.19. The minimum atomic E-state index is 0.184. The summed E-state index contributed by atoms with van der Waals surface area (Å²) in [7, 11) is 0. The van der Waals surface area contributed by atoms with Gasteiger partial charge in [0.1, 0.15) is 0 Å². The fourth-order valence-corrected chi connectivity index (χ4v) is 2.97.